The summed E-state index contributed by atoms with van der Waals surface area (Å²) in [7, 11) is -5.39. The van der Waals surface area contributed by atoms with Gasteiger partial charge in [0.25, 0.3) is 0 Å². The molecule has 0 aromatic heterocycles. The topological polar surface area (TPSA) is 127 Å². The Labute approximate surface area is 270 Å². The van der Waals surface area contributed by atoms with Gasteiger partial charge in [0, 0.05) is 0 Å². The average Bonchev–Trinajstić information content (AvgIpc) is 2.35. The molecule has 0 aliphatic rings. The standard InChI is InChI=1S/2C7H8O.3K.H3O4P/c2*1-6-2-4-7(8)5-3-6;;;;1-5(2,3)4/h2*2-5,8H,1H3;;;;(H3,1,2,3,4)/q;;3*+1;/p-3. The van der Waals surface area contributed by atoms with E-state index in [2.05, 4.69) is 0 Å². The molecular weight excluding hydrogens is 412 g/mol. The van der Waals surface area contributed by atoms with E-state index in [0.717, 1.165) is 0 Å². The van der Waals surface area contributed by atoms with Gasteiger partial charge in [0.15, 0.2) is 0 Å². The van der Waals surface area contributed by atoms with Crippen molar-refractivity contribution in [2.24, 2.45) is 0 Å². The number of aryl methyl sites for hydroxylation is 2. The molecule has 2 rings (SSSR count). The van der Waals surface area contributed by atoms with E-state index in [0.29, 0.717) is 11.5 Å². The zero-order valence-electron chi connectivity index (χ0n) is 14.6. The van der Waals surface area contributed by atoms with Crippen molar-refractivity contribution < 1.29 is 184 Å². The van der Waals surface area contributed by atoms with Crippen LogP contribution in [0, 0.1) is 13.8 Å². The van der Waals surface area contributed by atoms with Crippen LogP contribution in [-0.4, -0.2) is 10.2 Å². The molecule has 24 heavy (non-hydrogen) atoms. The first-order chi connectivity index (χ1) is 9.58. The second kappa shape index (κ2) is 19.4. The molecule has 0 spiro atoms. The van der Waals surface area contributed by atoms with Crippen LogP contribution in [0.4, 0.5) is 0 Å². The van der Waals surface area contributed by atoms with Gasteiger partial charge in [-0.05, 0) is 38.1 Å². The van der Waals surface area contributed by atoms with Crippen molar-refractivity contribution >= 4 is 7.82 Å². The molecule has 10 heteroatoms. The summed E-state index contributed by atoms with van der Waals surface area (Å²) in [5, 5.41) is 17.5. The summed E-state index contributed by atoms with van der Waals surface area (Å²) in [4.78, 5) is 25.6. The fourth-order valence-corrected chi connectivity index (χ4v) is 1.09. The minimum absolute atomic E-state index is 0. The third-order valence-electron chi connectivity index (χ3n) is 2.07. The Morgan fingerprint density at radius 1 is 0.667 bits per heavy atom. The van der Waals surface area contributed by atoms with Crippen LogP contribution in [0.1, 0.15) is 11.1 Å². The molecule has 2 aromatic carbocycles. The Hall–Kier alpha value is 3.06. The van der Waals surface area contributed by atoms with E-state index in [1.54, 1.807) is 24.3 Å². The van der Waals surface area contributed by atoms with Gasteiger partial charge >= 0.3 is 154 Å². The maximum atomic E-state index is 8.76. The minimum atomic E-state index is -5.39. The number of phenols is 2. The van der Waals surface area contributed by atoms with Gasteiger partial charge in [-0.2, -0.15) is 7.82 Å². The van der Waals surface area contributed by atoms with E-state index >= 15 is 0 Å². The summed E-state index contributed by atoms with van der Waals surface area (Å²) in [5.41, 5.74) is 2.34. The molecular formula is C14H16K3O6P. The van der Waals surface area contributed by atoms with Crippen molar-refractivity contribution in [1.29, 1.82) is 0 Å². The van der Waals surface area contributed by atoms with Crippen LogP contribution in [0.2, 0.25) is 0 Å². The zero-order valence-corrected chi connectivity index (χ0v) is 24.9. The predicted molar refractivity (Wildman–Crippen MR) is 73.3 cm³/mol. The first-order valence-corrected chi connectivity index (χ1v) is 7.28. The van der Waals surface area contributed by atoms with Crippen LogP contribution < -0.4 is 169 Å². The Balaban J connectivity index is -0.000000121. The van der Waals surface area contributed by atoms with Crippen molar-refractivity contribution in [3.8, 4) is 11.5 Å². The Morgan fingerprint density at radius 3 is 0.958 bits per heavy atom. The summed E-state index contributed by atoms with van der Waals surface area (Å²) in [5.74, 6) is 0.659. The molecule has 6 nitrogen and oxygen atoms in total. The molecule has 0 amide bonds. The number of hydrogen-bond donors (Lipinski definition) is 2. The van der Waals surface area contributed by atoms with Gasteiger partial charge in [-0.25, -0.2) is 0 Å². The van der Waals surface area contributed by atoms with Crippen molar-refractivity contribution in [2.75, 3.05) is 0 Å². The van der Waals surface area contributed by atoms with E-state index < -0.39 is 7.82 Å². The van der Waals surface area contributed by atoms with Gasteiger partial charge < -0.3 is 29.5 Å². The van der Waals surface area contributed by atoms with Gasteiger partial charge in [0.2, 0.25) is 0 Å². The third kappa shape index (κ3) is 27.3. The van der Waals surface area contributed by atoms with E-state index in [4.69, 9.17) is 29.5 Å². The first kappa shape index (κ1) is 34.6. The summed E-state index contributed by atoms with van der Waals surface area (Å²) in [6.07, 6.45) is 0. The molecule has 2 N–H and O–H groups in total. The van der Waals surface area contributed by atoms with Gasteiger partial charge in [0.05, 0.1) is 0 Å². The largest absolute Gasteiger partial charge is 1.00 e. The SMILES string of the molecule is Cc1ccc(O)cc1.Cc1ccc(O)cc1.O=P([O-])([O-])[O-].[K+].[K+].[K+]. The second-order valence-electron chi connectivity index (χ2n) is 4.12. The molecule has 0 bridgehead atoms. The number of phosphoric acid groups is 1. The Kier molecular flexibility index (Phi) is 27.9. The number of hydrogen-bond acceptors (Lipinski definition) is 6. The normalized spacial score (nSPS) is 8.54. The van der Waals surface area contributed by atoms with Gasteiger partial charge in [0.1, 0.15) is 11.5 Å². The van der Waals surface area contributed by atoms with Crippen LogP contribution in [0.25, 0.3) is 0 Å². The van der Waals surface area contributed by atoms with E-state index in [9.17, 15) is 0 Å². The summed E-state index contributed by atoms with van der Waals surface area (Å²) < 4.78 is 8.55. The fourth-order valence-electron chi connectivity index (χ4n) is 1.09. The Bertz CT molecular complexity index is 478. The maximum Gasteiger partial charge on any atom is 1.00 e. The van der Waals surface area contributed by atoms with Crippen molar-refractivity contribution in [1.82, 2.24) is 0 Å². The molecule has 0 aliphatic heterocycles. The van der Waals surface area contributed by atoms with Gasteiger partial charge in [-0.3, -0.25) is 0 Å². The number of benzene rings is 2. The van der Waals surface area contributed by atoms with Crippen LogP contribution in [0.3, 0.4) is 0 Å². The molecule has 0 heterocycles. The molecule has 0 atom stereocenters. The molecule has 0 saturated heterocycles. The Morgan fingerprint density at radius 2 is 0.833 bits per heavy atom. The van der Waals surface area contributed by atoms with Crippen LogP contribution in [-0.2, 0) is 4.57 Å². The first-order valence-electron chi connectivity index (χ1n) is 5.82. The van der Waals surface area contributed by atoms with Crippen molar-refractivity contribution in [3.63, 3.8) is 0 Å². The molecule has 116 valence electrons. The molecule has 0 aliphatic carbocycles. The summed E-state index contributed by atoms with van der Waals surface area (Å²) in [6.45, 7) is 3.97. The van der Waals surface area contributed by atoms with E-state index in [1.165, 1.54) is 11.1 Å². The molecule has 0 radical (unpaired) electrons. The summed E-state index contributed by atoms with van der Waals surface area (Å²) >= 11 is 0. The van der Waals surface area contributed by atoms with Crippen LogP contribution in [0.5, 0.6) is 11.5 Å². The average molecular weight is 429 g/mol. The second-order valence-corrected chi connectivity index (χ2v) is 5.01. The van der Waals surface area contributed by atoms with Gasteiger partial charge in [-0.15, -0.1) is 0 Å². The predicted octanol–water partition coefficient (Wildman–Crippen LogP) is -8.41. The number of rotatable bonds is 0. The molecule has 0 saturated carbocycles. The van der Waals surface area contributed by atoms with Crippen LogP contribution >= 0.6 is 7.82 Å². The quantitative estimate of drug-likeness (QED) is 0.317. The zero-order chi connectivity index (χ0) is 16.5. The van der Waals surface area contributed by atoms with Crippen LogP contribution in [0.15, 0.2) is 48.5 Å². The minimum Gasteiger partial charge on any atom is -0.822 e. The summed E-state index contributed by atoms with van der Waals surface area (Å²) in [6, 6.07) is 14.2. The van der Waals surface area contributed by atoms with E-state index in [1.807, 2.05) is 38.1 Å². The number of phenolic OH excluding ortho intramolecular Hbond substituents is 2. The monoisotopic (exact) mass is 428 g/mol. The molecule has 2 aromatic rings. The van der Waals surface area contributed by atoms with E-state index in [-0.39, 0.29) is 154 Å². The molecule has 0 unspecified atom stereocenters. The maximum absolute atomic E-state index is 8.76. The van der Waals surface area contributed by atoms with Crippen molar-refractivity contribution in [2.45, 2.75) is 13.8 Å². The number of aromatic hydroxyl groups is 2. The van der Waals surface area contributed by atoms with Crippen molar-refractivity contribution in [3.05, 3.63) is 59.7 Å². The molecule has 0 fully saturated rings. The fraction of sp³-hybridized carbons (Fsp3) is 0.143. The van der Waals surface area contributed by atoms with Gasteiger partial charge in [-0.1, -0.05) is 35.4 Å². The third-order valence-corrected chi connectivity index (χ3v) is 2.07. The smallest absolute Gasteiger partial charge is 0.822 e.